The number of rotatable bonds is 0. The maximum absolute atomic E-state index is 11.3. The van der Waals surface area contributed by atoms with Crippen molar-refractivity contribution in [1.82, 2.24) is 0 Å². The lowest BCUT2D eigenvalue weighted by molar-refractivity contribution is 0.559. The van der Waals surface area contributed by atoms with E-state index < -0.39 is 0 Å². The number of aryl methyl sites for hydroxylation is 3. The van der Waals surface area contributed by atoms with Crippen LogP contribution in [0.1, 0.15) is 22.3 Å². The first kappa shape index (κ1) is 30.0. The van der Waals surface area contributed by atoms with Gasteiger partial charge >= 0.3 is 16.9 Å². The molecule has 46 heavy (non-hydrogen) atoms. The van der Waals surface area contributed by atoms with Gasteiger partial charge in [-0.15, -0.1) is 23.1 Å². The van der Waals surface area contributed by atoms with Crippen LogP contribution >= 0.6 is 34.4 Å². The summed E-state index contributed by atoms with van der Waals surface area (Å²) in [6.07, 6.45) is 4.19. The molecule has 0 fully saturated rings. The van der Waals surface area contributed by atoms with E-state index in [0.717, 1.165) is 48.9 Å². The second kappa shape index (κ2) is 12.2. The molecule has 5 aromatic heterocycles. The lowest BCUT2D eigenvalue weighted by Gasteiger charge is -2.11. The molecule has 0 bridgehead atoms. The van der Waals surface area contributed by atoms with Gasteiger partial charge in [0.15, 0.2) is 0 Å². The van der Waals surface area contributed by atoms with Crippen molar-refractivity contribution in [2.75, 3.05) is 5.75 Å². The van der Waals surface area contributed by atoms with E-state index in [1.807, 2.05) is 62.2 Å². The molecule has 9 heteroatoms. The minimum absolute atomic E-state index is 0.280. The van der Waals surface area contributed by atoms with Crippen LogP contribution in [0.25, 0.3) is 59.8 Å². The molecule has 0 unspecified atom stereocenters. The van der Waals surface area contributed by atoms with Crippen LogP contribution in [0.3, 0.4) is 0 Å². The van der Waals surface area contributed by atoms with Gasteiger partial charge < -0.3 is 13.3 Å². The normalized spacial score (nSPS) is 12.2. The van der Waals surface area contributed by atoms with E-state index in [9.17, 15) is 14.4 Å². The van der Waals surface area contributed by atoms with Crippen LogP contribution in [0.5, 0.6) is 0 Å². The van der Waals surface area contributed by atoms with E-state index >= 15 is 0 Å². The van der Waals surface area contributed by atoms with Crippen LogP contribution in [0.4, 0.5) is 0 Å². The van der Waals surface area contributed by atoms with Crippen LogP contribution in [-0.2, 0) is 0 Å². The van der Waals surface area contributed by atoms with E-state index in [2.05, 4.69) is 41.1 Å². The lowest BCUT2D eigenvalue weighted by Crippen LogP contribution is -1.99. The maximum Gasteiger partial charge on any atom is 0.336 e. The predicted molar refractivity (Wildman–Crippen MR) is 192 cm³/mol. The zero-order valence-electron chi connectivity index (χ0n) is 25.0. The third kappa shape index (κ3) is 5.85. The molecule has 0 aliphatic carbocycles. The summed E-state index contributed by atoms with van der Waals surface area (Å²) >= 11 is 5.12. The Hall–Kier alpha value is -4.70. The van der Waals surface area contributed by atoms with Crippen LogP contribution < -0.4 is 16.9 Å². The van der Waals surface area contributed by atoms with Gasteiger partial charge in [0.25, 0.3) is 0 Å². The molecule has 3 aromatic carbocycles. The van der Waals surface area contributed by atoms with Crippen molar-refractivity contribution in [3.05, 3.63) is 136 Å². The van der Waals surface area contributed by atoms with Crippen molar-refractivity contribution in [2.45, 2.75) is 25.7 Å². The molecule has 8 aromatic rings. The number of fused-ring (bicyclic) bond motifs is 7. The number of hydrogen-bond acceptors (Lipinski definition) is 9. The van der Waals surface area contributed by atoms with Gasteiger partial charge in [0, 0.05) is 55.1 Å². The average Bonchev–Trinajstić information content (AvgIpc) is 3.69. The molecule has 0 saturated carbocycles. The summed E-state index contributed by atoms with van der Waals surface area (Å²) < 4.78 is 16.7. The molecule has 1 aliphatic rings. The van der Waals surface area contributed by atoms with Crippen molar-refractivity contribution in [3.63, 3.8) is 0 Å². The van der Waals surface area contributed by atoms with Gasteiger partial charge in [-0.25, -0.2) is 14.4 Å². The summed E-state index contributed by atoms with van der Waals surface area (Å²) in [5.74, 6) is 1.01. The van der Waals surface area contributed by atoms with Gasteiger partial charge in [0.05, 0.1) is 0 Å². The Morgan fingerprint density at radius 3 is 2.07 bits per heavy atom. The molecule has 0 radical (unpaired) electrons. The molecule has 0 atom stereocenters. The van der Waals surface area contributed by atoms with Crippen molar-refractivity contribution in [1.29, 1.82) is 0 Å². The van der Waals surface area contributed by atoms with Gasteiger partial charge in [-0.3, -0.25) is 0 Å². The summed E-state index contributed by atoms with van der Waals surface area (Å²) in [6, 6.07) is 18.6. The Morgan fingerprint density at radius 2 is 1.30 bits per heavy atom. The smallest absolute Gasteiger partial charge is 0.336 e. The molecular formula is C37H26O6S3. The summed E-state index contributed by atoms with van der Waals surface area (Å²) in [7, 11) is 0. The van der Waals surface area contributed by atoms with Gasteiger partial charge in [-0.1, -0.05) is 12.2 Å². The molecule has 0 amide bonds. The molecule has 1 aliphatic heterocycles. The van der Waals surface area contributed by atoms with E-state index in [4.69, 9.17) is 13.3 Å². The molecule has 0 saturated heterocycles. The largest absolute Gasteiger partial charge is 0.423 e. The third-order valence-corrected chi connectivity index (χ3v) is 10.5. The van der Waals surface area contributed by atoms with Crippen molar-refractivity contribution < 1.29 is 13.3 Å². The zero-order valence-corrected chi connectivity index (χ0v) is 27.5. The van der Waals surface area contributed by atoms with E-state index in [1.165, 1.54) is 33.2 Å². The van der Waals surface area contributed by atoms with Crippen molar-refractivity contribution in [3.8, 4) is 0 Å². The average molecular weight is 663 g/mol. The SMILES string of the molecule is Cc1cc(=O)oc2cc3c(cc12)SCC=C3.Cc1cc(=O)oc2cc3sccc3cc12.Cc1cc(=O)oc2ccc3cscc3c12. The van der Waals surface area contributed by atoms with Crippen LogP contribution in [0, 0.1) is 20.8 Å². The van der Waals surface area contributed by atoms with Crippen LogP contribution in [-0.4, -0.2) is 5.75 Å². The third-order valence-electron chi connectivity index (χ3n) is 7.80. The number of thioether (sulfide) groups is 1. The maximum atomic E-state index is 11.3. The fraction of sp³-hybridized carbons (Fsp3) is 0.108. The summed E-state index contributed by atoms with van der Waals surface area (Å²) in [5.41, 5.74) is 5.24. The highest BCUT2D eigenvalue weighted by Gasteiger charge is 2.10. The first-order valence-corrected chi connectivity index (χ1v) is 17.2. The zero-order chi connectivity index (χ0) is 31.9. The monoisotopic (exact) mass is 662 g/mol. The highest BCUT2D eigenvalue weighted by molar-refractivity contribution is 7.99. The van der Waals surface area contributed by atoms with Crippen molar-refractivity contribution >= 4 is 94.3 Å². The van der Waals surface area contributed by atoms with Crippen LogP contribution in [0.15, 0.2) is 115 Å². The van der Waals surface area contributed by atoms with E-state index in [1.54, 1.807) is 28.7 Å². The van der Waals surface area contributed by atoms with Gasteiger partial charge in [-0.05, 0) is 112 Å². The Balaban J connectivity index is 0.000000110. The Kier molecular flexibility index (Phi) is 7.98. The molecular weight excluding hydrogens is 637 g/mol. The Bertz CT molecular complexity index is 2630. The fourth-order valence-electron chi connectivity index (χ4n) is 5.60. The van der Waals surface area contributed by atoms with Gasteiger partial charge in [0.1, 0.15) is 16.7 Å². The molecule has 228 valence electrons. The minimum Gasteiger partial charge on any atom is -0.423 e. The standard InChI is InChI=1S/C13H10O2S.2C12H8O2S/c1-8-5-13(14)15-11-6-9-3-2-4-16-12(9)7-10(8)11;1-7-4-11(13)14-10-3-2-8-5-15-6-9(8)12(7)10;1-7-4-12(13)14-10-6-11-8(2-3-15-11)5-9(7)10/h2-3,5-7H,4H2,1H3;2*2-6H,1H3. The second-order valence-corrected chi connectivity index (χ2v) is 13.7. The quantitative estimate of drug-likeness (QED) is 0.149. The molecule has 0 N–H and O–H groups in total. The first-order valence-electron chi connectivity index (χ1n) is 14.4. The number of benzene rings is 3. The predicted octanol–water partition coefficient (Wildman–Crippen LogP) is 9.85. The summed E-state index contributed by atoms with van der Waals surface area (Å²) in [4.78, 5) is 35.0. The van der Waals surface area contributed by atoms with E-state index in [-0.39, 0.29) is 16.9 Å². The summed E-state index contributed by atoms with van der Waals surface area (Å²) in [5, 5.41) is 12.9. The van der Waals surface area contributed by atoms with Gasteiger partial charge in [0.2, 0.25) is 0 Å². The number of hydrogen-bond donors (Lipinski definition) is 0. The molecule has 0 spiro atoms. The van der Waals surface area contributed by atoms with E-state index in [0.29, 0.717) is 16.7 Å². The highest BCUT2D eigenvalue weighted by atomic mass is 32.2. The minimum atomic E-state index is -0.283. The van der Waals surface area contributed by atoms with Crippen LogP contribution in [0.2, 0.25) is 0 Å². The van der Waals surface area contributed by atoms with Crippen molar-refractivity contribution in [2.24, 2.45) is 0 Å². The topological polar surface area (TPSA) is 90.6 Å². The molecule has 9 rings (SSSR count). The lowest BCUT2D eigenvalue weighted by atomic mass is 10.1. The second-order valence-electron chi connectivity index (χ2n) is 11.0. The first-order chi connectivity index (χ1) is 22.2. The number of thiophene rings is 2. The van der Waals surface area contributed by atoms with Gasteiger partial charge in [-0.2, -0.15) is 11.3 Å². The Morgan fingerprint density at radius 1 is 0.630 bits per heavy atom. The Labute approximate surface area is 274 Å². The molecule has 6 nitrogen and oxygen atoms in total. The highest BCUT2D eigenvalue weighted by Crippen LogP contribution is 2.33. The molecule has 6 heterocycles. The fourth-order valence-corrected chi connectivity index (χ4v) is 8.08. The summed E-state index contributed by atoms with van der Waals surface area (Å²) in [6.45, 7) is 5.81.